The van der Waals surface area contributed by atoms with Crippen molar-refractivity contribution in [3.05, 3.63) is 12.7 Å². The van der Waals surface area contributed by atoms with Crippen LogP contribution in [0.3, 0.4) is 0 Å². The molecule has 2 heteroatoms. The van der Waals surface area contributed by atoms with E-state index in [0.717, 1.165) is 25.7 Å². The molecular formula is C14H24O2. The van der Waals surface area contributed by atoms with Crippen molar-refractivity contribution in [2.45, 2.75) is 45.1 Å². The zero-order chi connectivity index (χ0) is 11.8. The van der Waals surface area contributed by atoms with Gasteiger partial charge in [-0.3, -0.25) is 0 Å². The van der Waals surface area contributed by atoms with Gasteiger partial charge in [-0.1, -0.05) is 19.4 Å². The molecule has 0 heterocycles. The van der Waals surface area contributed by atoms with Gasteiger partial charge in [0.25, 0.3) is 0 Å². The van der Waals surface area contributed by atoms with E-state index in [0.29, 0.717) is 11.8 Å². The first-order chi connectivity index (χ1) is 7.63. The molecule has 0 saturated heterocycles. The average Bonchev–Trinajstić information content (AvgIpc) is 2.60. The van der Waals surface area contributed by atoms with Crippen LogP contribution in [0.25, 0.3) is 0 Å². The van der Waals surface area contributed by atoms with Crippen LogP contribution in [0.5, 0.6) is 0 Å². The summed E-state index contributed by atoms with van der Waals surface area (Å²) >= 11 is 0. The van der Waals surface area contributed by atoms with Crippen molar-refractivity contribution in [3.63, 3.8) is 0 Å². The molecule has 2 aliphatic rings. The van der Waals surface area contributed by atoms with Crippen molar-refractivity contribution < 1.29 is 10.2 Å². The van der Waals surface area contributed by atoms with E-state index in [2.05, 4.69) is 13.5 Å². The van der Waals surface area contributed by atoms with Crippen LogP contribution in [0.1, 0.15) is 39.0 Å². The first-order valence-electron chi connectivity index (χ1n) is 6.55. The monoisotopic (exact) mass is 224 g/mol. The third kappa shape index (κ3) is 1.72. The molecule has 0 aromatic carbocycles. The van der Waals surface area contributed by atoms with Crippen molar-refractivity contribution >= 4 is 0 Å². The van der Waals surface area contributed by atoms with Crippen LogP contribution in [0, 0.1) is 23.2 Å². The predicted molar refractivity (Wildman–Crippen MR) is 65.0 cm³/mol. The normalized spacial score (nSPS) is 45.1. The summed E-state index contributed by atoms with van der Waals surface area (Å²) in [5.41, 5.74) is 0.221. The lowest BCUT2D eigenvalue weighted by Gasteiger charge is -2.45. The minimum atomic E-state index is -0.118. The number of aliphatic hydroxyl groups excluding tert-OH is 2. The highest BCUT2D eigenvalue weighted by atomic mass is 16.3. The molecule has 5 atom stereocenters. The van der Waals surface area contributed by atoms with Gasteiger partial charge in [-0.15, -0.1) is 6.58 Å². The summed E-state index contributed by atoms with van der Waals surface area (Å²) < 4.78 is 0. The molecule has 16 heavy (non-hydrogen) atoms. The molecule has 2 aliphatic carbocycles. The summed E-state index contributed by atoms with van der Waals surface area (Å²) in [5.74, 6) is 1.16. The van der Waals surface area contributed by atoms with E-state index in [1.165, 1.54) is 6.42 Å². The Morgan fingerprint density at radius 2 is 2.19 bits per heavy atom. The van der Waals surface area contributed by atoms with Gasteiger partial charge in [0.05, 0.1) is 6.10 Å². The van der Waals surface area contributed by atoms with Gasteiger partial charge in [0.15, 0.2) is 0 Å². The topological polar surface area (TPSA) is 40.5 Å². The van der Waals surface area contributed by atoms with Crippen molar-refractivity contribution in [2.24, 2.45) is 23.2 Å². The van der Waals surface area contributed by atoms with E-state index < -0.39 is 0 Å². The second-order valence-electron chi connectivity index (χ2n) is 5.84. The molecule has 0 amide bonds. The van der Waals surface area contributed by atoms with E-state index in [1.54, 1.807) is 0 Å². The summed E-state index contributed by atoms with van der Waals surface area (Å²) in [7, 11) is 0. The fourth-order valence-electron chi connectivity index (χ4n) is 4.26. The van der Waals surface area contributed by atoms with Gasteiger partial charge in [0.2, 0.25) is 0 Å². The molecule has 2 rings (SSSR count). The largest absolute Gasteiger partial charge is 0.396 e. The Bertz CT molecular complexity index is 263. The Morgan fingerprint density at radius 1 is 1.44 bits per heavy atom. The number of hydrogen-bond acceptors (Lipinski definition) is 2. The molecule has 0 aromatic rings. The molecule has 2 N–H and O–H groups in total. The van der Waals surface area contributed by atoms with Gasteiger partial charge in [0.1, 0.15) is 0 Å². The number of rotatable bonds is 3. The fourth-order valence-corrected chi connectivity index (χ4v) is 4.26. The smallest absolute Gasteiger partial charge is 0.0573 e. The molecule has 0 aliphatic heterocycles. The lowest BCUT2D eigenvalue weighted by molar-refractivity contribution is -0.0288. The second kappa shape index (κ2) is 4.50. The molecule has 0 bridgehead atoms. The fraction of sp³-hybridized carbons (Fsp3) is 0.857. The van der Waals surface area contributed by atoms with Crippen molar-refractivity contribution in [3.8, 4) is 0 Å². The maximum atomic E-state index is 10.1. The Labute approximate surface area is 98.4 Å². The van der Waals surface area contributed by atoms with Crippen LogP contribution in [-0.4, -0.2) is 22.9 Å². The standard InChI is InChI=1S/C14H24O2/c1-3-10(9-15)11-6-7-12-13(16)5-4-8-14(11,12)2/h3,10-13,15-16H,1,4-9H2,2H3. The number of fused-ring (bicyclic) bond motifs is 1. The quantitative estimate of drug-likeness (QED) is 0.722. The molecule has 0 radical (unpaired) electrons. The maximum absolute atomic E-state index is 10.1. The first kappa shape index (κ1) is 12.1. The van der Waals surface area contributed by atoms with Crippen molar-refractivity contribution in [1.82, 2.24) is 0 Å². The van der Waals surface area contributed by atoms with E-state index in [-0.39, 0.29) is 24.0 Å². The lowest BCUT2D eigenvalue weighted by atomic mass is 9.62. The zero-order valence-corrected chi connectivity index (χ0v) is 10.2. The Balaban J connectivity index is 2.20. The maximum Gasteiger partial charge on any atom is 0.0573 e. The Morgan fingerprint density at radius 3 is 2.81 bits per heavy atom. The SMILES string of the molecule is C=CC(CO)C1CCC2C(O)CCCC21C. The van der Waals surface area contributed by atoms with Crippen molar-refractivity contribution in [1.29, 1.82) is 0 Å². The highest BCUT2D eigenvalue weighted by Gasteiger charge is 2.52. The van der Waals surface area contributed by atoms with Crippen LogP contribution in [0.2, 0.25) is 0 Å². The highest BCUT2D eigenvalue weighted by molar-refractivity contribution is 5.04. The molecule has 0 spiro atoms. The minimum Gasteiger partial charge on any atom is -0.396 e. The lowest BCUT2D eigenvalue weighted by Crippen LogP contribution is -2.42. The van der Waals surface area contributed by atoms with Gasteiger partial charge in [-0.25, -0.2) is 0 Å². The van der Waals surface area contributed by atoms with Gasteiger partial charge >= 0.3 is 0 Å². The van der Waals surface area contributed by atoms with Crippen molar-refractivity contribution in [2.75, 3.05) is 6.61 Å². The summed E-state index contributed by atoms with van der Waals surface area (Å²) in [6.45, 7) is 6.35. The van der Waals surface area contributed by atoms with Crippen LogP contribution in [0.15, 0.2) is 12.7 Å². The van der Waals surface area contributed by atoms with E-state index in [1.807, 2.05) is 6.08 Å². The second-order valence-corrected chi connectivity index (χ2v) is 5.84. The van der Waals surface area contributed by atoms with Crippen LogP contribution in [-0.2, 0) is 0 Å². The van der Waals surface area contributed by atoms with Gasteiger partial charge in [0, 0.05) is 12.5 Å². The minimum absolute atomic E-state index is 0.118. The summed E-state index contributed by atoms with van der Waals surface area (Å²) in [6.07, 6.45) is 7.32. The van der Waals surface area contributed by atoms with Crippen LogP contribution in [0.4, 0.5) is 0 Å². The van der Waals surface area contributed by atoms with Gasteiger partial charge in [-0.05, 0) is 42.9 Å². The average molecular weight is 224 g/mol. The first-order valence-corrected chi connectivity index (χ1v) is 6.55. The van der Waals surface area contributed by atoms with Crippen LogP contribution < -0.4 is 0 Å². The summed E-state index contributed by atoms with van der Waals surface area (Å²) in [6, 6.07) is 0. The predicted octanol–water partition coefficient (Wildman–Crippen LogP) is 2.36. The van der Waals surface area contributed by atoms with E-state index in [4.69, 9.17) is 0 Å². The Hall–Kier alpha value is -0.340. The number of aliphatic hydroxyl groups is 2. The summed E-state index contributed by atoms with van der Waals surface area (Å²) in [4.78, 5) is 0. The van der Waals surface area contributed by atoms with E-state index >= 15 is 0 Å². The zero-order valence-electron chi connectivity index (χ0n) is 10.2. The van der Waals surface area contributed by atoms with E-state index in [9.17, 15) is 10.2 Å². The molecule has 2 nitrogen and oxygen atoms in total. The third-order valence-corrected chi connectivity index (χ3v) is 5.19. The molecular weight excluding hydrogens is 200 g/mol. The molecule has 2 fully saturated rings. The number of hydrogen-bond donors (Lipinski definition) is 2. The molecule has 92 valence electrons. The Kier molecular flexibility index (Phi) is 3.41. The van der Waals surface area contributed by atoms with Gasteiger partial charge in [-0.2, -0.15) is 0 Å². The molecule has 5 unspecified atom stereocenters. The van der Waals surface area contributed by atoms with Gasteiger partial charge < -0.3 is 10.2 Å². The molecule has 2 saturated carbocycles. The summed E-state index contributed by atoms with van der Waals surface area (Å²) in [5, 5.41) is 19.5. The highest BCUT2D eigenvalue weighted by Crippen LogP contribution is 2.57. The van der Waals surface area contributed by atoms with Crippen LogP contribution >= 0.6 is 0 Å². The third-order valence-electron chi connectivity index (χ3n) is 5.19. The molecule has 0 aromatic heterocycles.